The molecule has 0 spiro atoms. The van der Waals surface area contributed by atoms with Gasteiger partial charge in [-0.2, -0.15) is 0 Å². The number of carbonyl (C=O) groups excluding carboxylic acids is 1. The van der Waals surface area contributed by atoms with Crippen molar-refractivity contribution < 1.29 is 9.90 Å². The molecule has 1 aromatic heterocycles. The Hall–Kier alpha value is -2.01. The van der Waals surface area contributed by atoms with E-state index in [1.165, 1.54) is 10.4 Å². The summed E-state index contributed by atoms with van der Waals surface area (Å²) in [5.74, 6) is -0.426. The van der Waals surface area contributed by atoms with Crippen molar-refractivity contribution in [1.29, 1.82) is 0 Å². The Morgan fingerprint density at radius 3 is 3.10 bits per heavy atom. The minimum Gasteiger partial charge on any atom is -0.505 e. The molecule has 4 nitrogen and oxygen atoms in total. The summed E-state index contributed by atoms with van der Waals surface area (Å²) in [4.78, 5) is 13.6. The van der Waals surface area contributed by atoms with Crippen molar-refractivity contribution in [3.63, 3.8) is 0 Å². The first-order chi connectivity index (χ1) is 9.66. The van der Waals surface area contributed by atoms with Crippen molar-refractivity contribution in [3.05, 3.63) is 45.6 Å². The summed E-state index contributed by atoms with van der Waals surface area (Å²) in [5, 5.41) is 14.9. The fourth-order valence-electron chi connectivity index (χ4n) is 2.62. The average molecular weight is 288 g/mol. The second-order valence-corrected chi connectivity index (χ2v) is 5.96. The summed E-state index contributed by atoms with van der Waals surface area (Å²) in [7, 11) is 0. The Balaban J connectivity index is 1.83. The first-order valence-corrected chi connectivity index (χ1v) is 7.49. The summed E-state index contributed by atoms with van der Waals surface area (Å²) in [6.45, 7) is 0. The van der Waals surface area contributed by atoms with Crippen molar-refractivity contribution in [2.45, 2.75) is 25.3 Å². The Labute approximate surface area is 121 Å². The first kappa shape index (κ1) is 13.0. The second kappa shape index (κ2) is 5.17. The summed E-state index contributed by atoms with van der Waals surface area (Å²) < 4.78 is 0. The maximum atomic E-state index is 12.3. The molecule has 0 aliphatic heterocycles. The van der Waals surface area contributed by atoms with E-state index >= 15 is 0 Å². The van der Waals surface area contributed by atoms with Gasteiger partial charge in [0, 0.05) is 4.88 Å². The smallest absolute Gasteiger partial charge is 0.255 e. The van der Waals surface area contributed by atoms with E-state index in [1.54, 1.807) is 29.5 Å². The molecule has 0 saturated heterocycles. The number of hydrogen-bond donors (Lipinski definition) is 3. The third-order valence-corrected chi connectivity index (χ3v) is 4.67. The van der Waals surface area contributed by atoms with Gasteiger partial charge in [-0.05, 0) is 48.4 Å². The standard InChI is InChI=1S/C15H16N2O2S/c16-11-4-1-3-10(14(11)18)15(19)17-12-5-2-6-13-9(12)7-8-20-13/h1,3-4,7-8,12,18H,2,5-6,16H2,(H,17,19). The van der Waals surface area contributed by atoms with Crippen molar-refractivity contribution in [2.75, 3.05) is 5.73 Å². The number of carbonyl (C=O) groups is 1. The van der Waals surface area contributed by atoms with Crippen LogP contribution in [0.3, 0.4) is 0 Å². The number of nitrogen functional groups attached to an aromatic ring is 1. The fourth-order valence-corrected chi connectivity index (χ4v) is 3.60. The lowest BCUT2D eigenvalue weighted by atomic mass is 9.94. The SMILES string of the molecule is Nc1cccc(C(=O)NC2CCCc3sccc32)c1O. The van der Waals surface area contributed by atoms with Crippen LogP contribution in [0.25, 0.3) is 0 Å². The molecule has 4 N–H and O–H groups in total. The van der Waals surface area contributed by atoms with Gasteiger partial charge in [0.2, 0.25) is 0 Å². The molecule has 2 aromatic rings. The molecule has 0 bridgehead atoms. The highest BCUT2D eigenvalue weighted by Gasteiger charge is 2.24. The van der Waals surface area contributed by atoms with Gasteiger partial charge in [0.1, 0.15) is 0 Å². The lowest BCUT2D eigenvalue weighted by Crippen LogP contribution is -2.30. The molecule has 5 heteroatoms. The molecule has 1 heterocycles. The minimum absolute atomic E-state index is 0.0262. The molecule has 20 heavy (non-hydrogen) atoms. The highest BCUT2D eigenvalue weighted by atomic mass is 32.1. The number of benzene rings is 1. The number of nitrogens with one attached hydrogen (secondary N) is 1. The zero-order valence-corrected chi connectivity index (χ0v) is 11.7. The predicted molar refractivity (Wildman–Crippen MR) is 80.0 cm³/mol. The van der Waals surface area contributed by atoms with E-state index in [1.807, 2.05) is 0 Å². The normalized spacial score (nSPS) is 17.5. The van der Waals surface area contributed by atoms with Crippen LogP contribution in [0.2, 0.25) is 0 Å². The van der Waals surface area contributed by atoms with E-state index in [2.05, 4.69) is 16.8 Å². The van der Waals surface area contributed by atoms with E-state index in [-0.39, 0.29) is 28.9 Å². The fraction of sp³-hybridized carbons (Fsp3) is 0.267. The average Bonchev–Trinajstić information content (AvgIpc) is 2.91. The van der Waals surface area contributed by atoms with Crippen molar-refractivity contribution >= 4 is 22.9 Å². The van der Waals surface area contributed by atoms with Crippen molar-refractivity contribution in [1.82, 2.24) is 5.32 Å². The molecule has 0 fully saturated rings. The number of anilines is 1. The molecule has 0 radical (unpaired) electrons. The summed E-state index contributed by atoms with van der Waals surface area (Å²) in [6, 6.07) is 6.92. The van der Waals surface area contributed by atoms with Crippen LogP contribution < -0.4 is 11.1 Å². The number of amides is 1. The molecule has 1 aliphatic rings. The Kier molecular flexibility index (Phi) is 3.36. The van der Waals surface area contributed by atoms with Gasteiger partial charge in [0.05, 0.1) is 17.3 Å². The molecular formula is C15H16N2O2S. The molecule has 1 atom stereocenters. The lowest BCUT2D eigenvalue weighted by Gasteiger charge is -2.24. The van der Waals surface area contributed by atoms with Gasteiger partial charge in [-0.15, -0.1) is 11.3 Å². The van der Waals surface area contributed by atoms with Crippen molar-refractivity contribution in [3.8, 4) is 5.75 Å². The van der Waals surface area contributed by atoms with Crippen LogP contribution in [-0.4, -0.2) is 11.0 Å². The van der Waals surface area contributed by atoms with Gasteiger partial charge in [0.15, 0.2) is 5.75 Å². The van der Waals surface area contributed by atoms with E-state index in [0.29, 0.717) is 0 Å². The van der Waals surface area contributed by atoms with Crippen LogP contribution in [0.15, 0.2) is 29.6 Å². The number of fused-ring (bicyclic) bond motifs is 1. The maximum absolute atomic E-state index is 12.3. The topological polar surface area (TPSA) is 75.4 Å². The maximum Gasteiger partial charge on any atom is 0.255 e. The van der Waals surface area contributed by atoms with E-state index in [4.69, 9.17) is 5.73 Å². The zero-order chi connectivity index (χ0) is 14.1. The molecule has 1 amide bonds. The van der Waals surface area contributed by atoms with Crippen LogP contribution in [-0.2, 0) is 6.42 Å². The predicted octanol–water partition coefficient (Wildman–Crippen LogP) is 2.84. The third-order valence-electron chi connectivity index (χ3n) is 3.67. The van der Waals surface area contributed by atoms with E-state index in [9.17, 15) is 9.90 Å². The van der Waals surface area contributed by atoms with Gasteiger partial charge in [-0.25, -0.2) is 0 Å². The molecular weight excluding hydrogens is 272 g/mol. The van der Waals surface area contributed by atoms with Crippen LogP contribution in [0.5, 0.6) is 5.75 Å². The summed E-state index contributed by atoms with van der Waals surface area (Å²) in [6.07, 6.45) is 3.09. The van der Waals surface area contributed by atoms with Crippen LogP contribution in [0, 0.1) is 0 Å². The van der Waals surface area contributed by atoms with Gasteiger partial charge in [0.25, 0.3) is 5.91 Å². The molecule has 1 aliphatic carbocycles. The number of aryl methyl sites for hydroxylation is 1. The Morgan fingerprint density at radius 1 is 1.40 bits per heavy atom. The number of para-hydroxylation sites is 1. The number of phenols is 1. The lowest BCUT2D eigenvalue weighted by molar-refractivity contribution is 0.0930. The summed E-state index contributed by atoms with van der Waals surface area (Å²) >= 11 is 1.74. The van der Waals surface area contributed by atoms with Gasteiger partial charge in [-0.3, -0.25) is 4.79 Å². The summed E-state index contributed by atoms with van der Waals surface area (Å²) in [5.41, 5.74) is 7.28. The zero-order valence-electron chi connectivity index (χ0n) is 10.9. The largest absolute Gasteiger partial charge is 0.505 e. The molecule has 0 saturated carbocycles. The number of phenolic OH excluding ortho intramolecular Hbond substituents is 1. The number of rotatable bonds is 2. The second-order valence-electron chi connectivity index (χ2n) is 4.96. The minimum atomic E-state index is -0.279. The molecule has 104 valence electrons. The van der Waals surface area contributed by atoms with E-state index < -0.39 is 0 Å². The van der Waals surface area contributed by atoms with Gasteiger partial charge < -0.3 is 16.2 Å². The number of aromatic hydroxyl groups is 1. The highest BCUT2D eigenvalue weighted by molar-refractivity contribution is 7.10. The third kappa shape index (κ3) is 2.25. The Morgan fingerprint density at radius 2 is 2.25 bits per heavy atom. The molecule has 3 rings (SSSR count). The van der Waals surface area contributed by atoms with Crippen molar-refractivity contribution in [2.24, 2.45) is 0 Å². The van der Waals surface area contributed by atoms with Crippen LogP contribution in [0.1, 0.15) is 39.7 Å². The van der Waals surface area contributed by atoms with E-state index in [0.717, 1.165) is 19.3 Å². The first-order valence-electron chi connectivity index (χ1n) is 6.61. The van der Waals surface area contributed by atoms with Crippen LogP contribution >= 0.6 is 11.3 Å². The number of thiophene rings is 1. The van der Waals surface area contributed by atoms with Crippen LogP contribution in [0.4, 0.5) is 5.69 Å². The quantitative estimate of drug-likeness (QED) is 0.587. The van der Waals surface area contributed by atoms with Gasteiger partial charge >= 0.3 is 0 Å². The highest BCUT2D eigenvalue weighted by Crippen LogP contribution is 2.34. The number of nitrogens with two attached hydrogens (primary N) is 1. The molecule has 1 unspecified atom stereocenters. The number of hydrogen-bond acceptors (Lipinski definition) is 4. The monoisotopic (exact) mass is 288 g/mol. The van der Waals surface area contributed by atoms with Gasteiger partial charge in [-0.1, -0.05) is 6.07 Å². The Bertz CT molecular complexity index is 651. The molecule has 1 aromatic carbocycles.